The van der Waals surface area contributed by atoms with E-state index in [9.17, 15) is 18.0 Å². The van der Waals surface area contributed by atoms with Crippen molar-refractivity contribution in [3.63, 3.8) is 0 Å². The highest BCUT2D eigenvalue weighted by Gasteiger charge is 2.47. The third-order valence-electron chi connectivity index (χ3n) is 8.82. The summed E-state index contributed by atoms with van der Waals surface area (Å²) in [6.07, 6.45) is 5.47. The molecular weight excluding hydrogens is 647 g/mol. The standard InChI is InChI=1S/C34H34ClFN4O6S/c1-20-6-3-9-31(21(20)2)46-11-5-10-32(41)40-17-23-12-26(23)33-25(7-4-8-30(33)40)24-15-38-39(16-24)18-27-28(35)13-22(14-29(27)36)34(42)37-19-47(43,44)45/h3-4,6-9,13-16,23,26H,5,10-12,17-19H2,1-2H3,(H,37,42)(H,43,44,45). The Morgan fingerprint density at radius 2 is 1.96 bits per heavy atom. The average Bonchev–Trinajstić information content (AvgIpc) is 3.67. The van der Waals surface area contributed by atoms with Crippen molar-refractivity contribution in [1.29, 1.82) is 0 Å². The van der Waals surface area contributed by atoms with Crippen molar-refractivity contribution < 1.29 is 31.7 Å². The number of benzene rings is 3. The van der Waals surface area contributed by atoms with Crippen molar-refractivity contribution >= 4 is 39.2 Å². The third-order valence-corrected chi connectivity index (χ3v) is 9.66. The maximum atomic E-state index is 15.1. The van der Waals surface area contributed by atoms with E-state index in [0.29, 0.717) is 37.8 Å². The van der Waals surface area contributed by atoms with Crippen LogP contribution in [-0.2, 0) is 21.5 Å². The fourth-order valence-corrected chi connectivity index (χ4v) is 6.70. The minimum absolute atomic E-state index is 0.0204. The second-order valence-electron chi connectivity index (χ2n) is 12.1. The van der Waals surface area contributed by atoms with Crippen LogP contribution in [0.4, 0.5) is 10.1 Å². The van der Waals surface area contributed by atoms with Gasteiger partial charge in [0, 0.05) is 46.6 Å². The average molecular weight is 681 g/mol. The van der Waals surface area contributed by atoms with Crippen molar-refractivity contribution in [3.8, 4) is 16.9 Å². The van der Waals surface area contributed by atoms with Crippen LogP contribution in [0.2, 0.25) is 5.02 Å². The van der Waals surface area contributed by atoms with E-state index in [1.807, 2.05) is 60.5 Å². The van der Waals surface area contributed by atoms with Gasteiger partial charge in [0.1, 0.15) is 17.4 Å². The van der Waals surface area contributed by atoms with Crippen LogP contribution in [0, 0.1) is 25.6 Å². The molecule has 0 radical (unpaired) electrons. The molecule has 1 saturated carbocycles. The largest absolute Gasteiger partial charge is 0.493 e. The van der Waals surface area contributed by atoms with Crippen molar-refractivity contribution in [2.24, 2.45) is 5.92 Å². The molecular formula is C34H34ClFN4O6S. The predicted octanol–water partition coefficient (Wildman–Crippen LogP) is 5.89. The molecule has 13 heteroatoms. The number of hydrogen-bond acceptors (Lipinski definition) is 6. The lowest BCUT2D eigenvalue weighted by molar-refractivity contribution is -0.119. The number of nitrogens with one attached hydrogen (secondary N) is 1. The molecule has 2 unspecified atom stereocenters. The molecule has 4 aromatic rings. The van der Waals surface area contributed by atoms with E-state index in [0.717, 1.165) is 51.7 Å². The van der Waals surface area contributed by atoms with E-state index in [1.165, 1.54) is 6.07 Å². The van der Waals surface area contributed by atoms with Gasteiger partial charge in [-0.1, -0.05) is 35.9 Å². The lowest BCUT2D eigenvalue weighted by atomic mass is 9.92. The number of hydrogen-bond donors (Lipinski definition) is 2. The Kier molecular flexibility index (Phi) is 9.10. The highest BCUT2D eigenvalue weighted by molar-refractivity contribution is 7.85. The lowest BCUT2D eigenvalue weighted by Crippen LogP contribution is -2.36. The first-order valence-corrected chi connectivity index (χ1v) is 17.2. The molecule has 2 atom stereocenters. The number of nitrogens with zero attached hydrogens (tertiary/aromatic N) is 3. The highest BCUT2D eigenvalue weighted by atomic mass is 35.5. The van der Waals surface area contributed by atoms with Gasteiger partial charge in [0.05, 0.1) is 19.3 Å². The molecule has 1 aliphatic heterocycles. The number of aromatic nitrogens is 2. The van der Waals surface area contributed by atoms with Crippen LogP contribution < -0.4 is 15.0 Å². The molecule has 1 aliphatic carbocycles. The Hall–Kier alpha value is -4.26. The zero-order chi connectivity index (χ0) is 33.5. The van der Waals surface area contributed by atoms with Gasteiger partial charge in [0.25, 0.3) is 16.0 Å². The summed E-state index contributed by atoms with van der Waals surface area (Å²) < 4.78 is 53.3. The molecule has 0 spiro atoms. The van der Waals surface area contributed by atoms with Gasteiger partial charge in [-0.25, -0.2) is 4.39 Å². The van der Waals surface area contributed by atoms with Crippen LogP contribution in [-0.4, -0.2) is 53.6 Å². The first-order chi connectivity index (χ1) is 22.4. The first-order valence-electron chi connectivity index (χ1n) is 15.3. The van der Waals surface area contributed by atoms with Crippen LogP contribution in [0.1, 0.15) is 57.8 Å². The summed E-state index contributed by atoms with van der Waals surface area (Å²) in [5, 5.41) is 6.40. The molecule has 1 aromatic heterocycles. The molecule has 10 nitrogen and oxygen atoms in total. The normalized spacial score (nSPS) is 16.7. The smallest absolute Gasteiger partial charge is 0.283 e. The topological polar surface area (TPSA) is 131 Å². The maximum Gasteiger partial charge on any atom is 0.283 e. The van der Waals surface area contributed by atoms with E-state index >= 15 is 4.39 Å². The molecule has 2 heterocycles. The fourth-order valence-electron chi connectivity index (χ4n) is 6.12. The number of halogens is 2. The van der Waals surface area contributed by atoms with Crippen molar-refractivity contribution in [3.05, 3.63) is 99.6 Å². The quantitative estimate of drug-likeness (QED) is 0.149. The van der Waals surface area contributed by atoms with Gasteiger partial charge in [-0.3, -0.25) is 18.8 Å². The number of fused-ring (bicyclic) bond motifs is 3. The zero-order valence-corrected chi connectivity index (χ0v) is 27.4. The van der Waals surface area contributed by atoms with Crippen LogP contribution in [0.25, 0.3) is 11.1 Å². The zero-order valence-electron chi connectivity index (χ0n) is 25.9. The molecule has 2 aliphatic rings. The summed E-state index contributed by atoms with van der Waals surface area (Å²) in [5.74, 6) is -1.02. The van der Waals surface area contributed by atoms with E-state index in [-0.39, 0.29) is 28.6 Å². The Balaban J connectivity index is 1.15. The number of ether oxygens (including phenoxy) is 1. The van der Waals surface area contributed by atoms with E-state index in [4.69, 9.17) is 20.9 Å². The van der Waals surface area contributed by atoms with Gasteiger partial charge >= 0.3 is 0 Å². The SMILES string of the molecule is Cc1cccc(OCCCC(=O)N2CC3CC3c3c(-c4cnn(Cc5c(F)cc(C(=O)NCS(=O)(=O)O)cc5Cl)c4)cccc32)c1C. The molecule has 6 rings (SSSR count). The summed E-state index contributed by atoms with van der Waals surface area (Å²) in [4.78, 5) is 27.6. The molecule has 2 amide bonds. The summed E-state index contributed by atoms with van der Waals surface area (Å²) in [7, 11) is -4.44. The second-order valence-corrected chi connectivity index (χ2v) is 13.9. The van der Waals surface area contributed by atoms with Crippen molar-refractivity contribution in [1.82, 2.24) is 15.1 Å². The van der Waals surface area contributed by atoms with Gasteiger partial charge in [-0.15, -0.1) is 0 Å². The Bertz CT molecular complexity index is 1960. The van der Waals surface area contributed by atoms with Crippen molar-refractivity contribution in [2.45, 2.75) is 45.6 Å². The van der Waals surface area contributed by atoms with E-state index in [1.54, 1.807) is 17.1 Å². The summed E-state index contributed by atoms with van der Waals surface area (Å²) in [5.41, 5.74) is 5.99. The Labute approximate surface area is 277 Å². The van der Waals surface area contributed by atoms with Gasteiger partial charge in [0.2, 0.25) is 5.91 Å². The monoisotopic (exact) mass is 680 g/mol. The molecule has 0 saturated heterocycles. The fraction of sp³-hybridized carbons (Fsp3) is 0.324. The van der Waals surface area contributed by atoms with Crippen LogP contribution in [0.5, 0.6) is 5.75 Å². The lowest BCUT2D eigenvalue weighted by Gasteiger charge is -2.30. The molecule has 3 aromatic carbocycles. The van der Waals surface area contributed by atoms with Gasteiger partial charge in [-0.05, 0) is 85.0 Å². The van der Waals surface area contributed by atoms with Gasteiger partial charge < -0.3 is 15.0 Å². The van der Waals surface area contributed by atoms with Crippen LogP contribution in [0.15, 0.2) is 60.9 Å². The van der Waals surface area contributed by atoms with Gasteiger partial charge in [-0.2, -0.15) is 13.5 Å². The Morgan fingerprint density at radius 1 is 1.17 bits per heavy atom. The Morgan fingerprint density at radius 3 is 2.72 bits per heavy atom. The summed E-state index contributed by atoms with van der Waals surface area (Å²) in [6.45, 7) is 5.20. The maximum absolute atomic E-state index is 15.1. The minimum Gasteiger partial charge on any atom is -0.493 e. The molecule has 1 fully saturated rings. The van der Waals surface area contributed by atoms with Crippen LogP contribution in [0.3, 0.4) is 0 Å². The van der Waals surface area contributed by atoms with Crippen LogP contribution >= 0.6 is 11.6 Å². The molecule has 246 valence electrons. The number of carbonyl (C=O) groups excluding carboxylic acids is 2. The first kappa shape index (κ1) is 32.7. The summed E-state index contributed by atoms with van der Waals surface area (Å²) in [6, 6.07) is 14.1. The van der Waals surface area contributed by atoms with Crippen molar-refractivity contribution in [2.75, 3.05) is 23.9 Å². The number of amides is 2. The number of carbonyl (C=O) groups is 2. The number of aryl methyl sites for hydroxylation is 1. The number of rotatable bonds is 11. The number of anilines is 1. The highest BCUT2D eigenvalue weighted by Crippen LogP contribution is 2.57. The van der Waals surface area contributed by atoms with E-state index in [2.05, 4.69) is 5.10 Å². The second kappa shape index (κ2) is 13.1. The van der Waals surface area contributed by atoms with Gasteiger partial charge in [0.15, 0.2) is 0 Å². The molecule has 0 bridgehead atoms. The minimum atomic E-state index is -4.44. The third kappa shape index (κ3) is 7.19. The molecule has 2 N–H and O–H groups in total. The van der Waals surface area contributed by atoms with E-state index < -0.39 is 27.7 Å². The molecule has 47 heavy (non-hydrogen) atoms. The predicted molar refractivity (Wildman–Crippen MR) is 176 cm³/mol. The summed E-state index contributed by atoms with van der Waals surface area (Å²) >= 11 is 6.32.